The van der Waals surface area contributed by atoms with Crippen LogP contribution in [-0.4, -0.2) is 44.8 Å². The Morgan fingerprint density at radius 1 is 1.56 bits per heavy atom. The number of carboxylic acids is 1. The van der Waals surface area contributed by atoms with E-state index < -0.39 is 11.6 Å². The maximum absolute atomic E-state index is 10.7. The second-order valence-electron chi connectivity index (χ2n) is 4.97. The fourth-order valence-electron chi connectivity index (χ4n) is 2.52. The van der Waals surface area contributed by atoms with E-state index >= 15 is 0 Å². The molecule has 1 aromatic heterocycles. The number of nitrogens with zero attached hydrogens (tertiary/aromatic N) is 2. The summed E-state index contributed by atoms with van der Waals surface area (Å²) in [7, 11) is 0. The highest BCUT2D eigenvalue weighted by molar-refractivity contribution is 5.68. The zero-order chi connectivity index (χ0) is 13.0. The Balaban J connectivity index is 1.96. The van der Waals surface area contributed by atoms with Crippen LogP contribution < -0.4 is 0 Å². The first-order chi connectivity index (χ1) is 8.57. The minimum Gasteiger partial charge on any atom is -0.481 e. The molecule has 1 fully saturated rings. The first kappa shape index (κ1) is 13.0. The lowest BCUT2D eigenvalue weighted by atomic mass is 9.89. The maximum Gasteiger partial charge on any atom is 0.306 e. The number of likely N-dealkylation sites (tertiary alicyclic amines) is 1. The van der Waals surface area contributed by atoms with Gasteiger partial charge in [-0.1, -0.05) is 6.07 Å². The first-order valence-corrected chi connectivity index (χ1v) is 6.13. The molecule has 1 atom stereocenters. The summed E-state index contributed by atoms with van der Waals surface area (Å²) in [5.74, 6) is -0.944. The van der Waals surface area contributed by atoms with E-state index in [9.17, 15) is 9.90 Å². The van der Waals surface area contributed by atoms with Gasteiger partial charge in [-0.2, -0.15) is 0 Å². The van der Waals surface area contributed by atoms with Crippen LogP contribution >= 0.6 is 0 Å². The maximum atomic E-state index is 10.7. The highest BCUT2D eigenvalue weighted by Gasteiger charge is 2.35. The molecule has 18 heavy (non-hydrogen) atoms. The molecule has 1 aromatic rings. The zero-order valence-corrected chi connectivity index (χ0v) is 10.2. The van der Waals surface area contributed by atoms with E-state index in [0.29, 0.717) is 19.5 Å². The van der Waals surface area contributed by atoms with Gasteiger partial charge >= 0.3 is 5.97 Å². The van der Waals surface area contributed by atoms with Crippen molar-refractivity contribution in [3.05, 3.63) is 30.1 Å². The van der Waals surface area contributed by atoms with Crippen LogP contribution in [0.4, 0.5) is 0 Å². The summed E-state index contributed by atoms with van der Waals surface area (Å²) < 4.78 is 0. The molecule has 2 rings (SSSR count). The van der Waals surface area contributed by atoms with Crippen LogP contribution in [0.3, 0.4) is 0 Å². The summed E-state index contributed by atoms with van der Waals surface area (Å²) in [6, 6.07) is 3.86. The number of aliphatic carboxylic acids is 1. The van der Waals surface area contributed by atoms with Gasteiger partial charge in [-0.25, -0.2) is 0 Å². The molecule has 98 valence electrons. The normalized spacial score (nSPS) is 24.9. The summed E-state index contributed by atoms with van der Waals surface area (Å²) in [6.45, 7) is 2.00. The Morgan fingerprint density at radius 2 is 2.39 bits per heavy atom. The lowest BCUT2D eigenvalue weighted by Gasteiger charge is -2.38. The van der Waals surface area contributed by atoms with Crippen LogP contribution in [-0.2, 0) is 11.3 Å². The SMILES string of the molecule is O=C(O)CC1(O)CCCN(Cc2cccnc2)C1. The van der Waals surface area contributed by atoms with Crippen molar-refractivity contribution >= 4 is 5.97 Å². The van der Waals surface area contributed by atoms with Crippen molar-refractivity contribution in [2.45, 2.75) is 31.4 Å². The van der Waals surface area contributed by atoms with Gasteiger partial charge in [0, 0.05) is 25.5 Å². The average molecular weight is 250 g/mol. The van der Waals surface area contributed by atoms with Gasteiger partial charge in [0.1, 0.15) is 0 Å². The molecule has 0 aliphatic carbocycles. The van der Waals surface area contributed by atoms with Crippen molar-refractivity contribution in [1.82, 2.24) is 9.88 Å². The number of β-amino-alcohol motifs (C(OH)–C–C–N with tert-alkyl or cyclic N) is 1. The fourth-order valence-corrected chi connectivity index (χ4v) is 2.52. The van der Waals surface area contributed by atoms with Gasteiger partial charge < -0.3 is 10.2 Å². The number of hydrogen-bond donors (Lipinski definition) is 2. The molecule has 0 aromatic carbocycles. The average Bonchev–Trinajstić information content (AvgIpc) is 2.28. The van der Waals surface area contributed by atoms with Gasteiger partial charge in [-0.3, -0.25) is 14.7 Å². The van der Waals surface area contributed by atoms with Gasteiger partial charge in [0.15, 0.2) is 0 Å². The molecular weight excluding hydrogens is 232 g/mol. The van der Waals surface area contributed by atoms with Gasteiger partial charge in [-0.05, 0) is 31.0 Å². The third kappa shape index (κ3) is 3.51. The monoisotopic (exact) mass is 250 g/mol. The van der Waals surface area contributed by atoms with Crippen molar-refractivity contribution in [2.75, 3.05) is 13.1 Å². The Labute approximate surface area is 106 Å². The Hall–Kier alpha value is -1.46. The molecule has 1 aliphatic heterocycles. The van der Waals surface area contributed by atoms with E-state index in [-0.39, 0.29) is 6.42 Å². The molecule has 2 N–H and O–H groups in total. The predicted molar refractivity (Wildman–Crippen MR) is 66.0 cm³/mol. The molecule has 1 unspecified atom stereocenters. The third-order valence-electron chi connectivity index (χ3n) is 3.24. The number of rotatable bonds is 4. The lowest BCUT2D eigenvalue weighted by molar-refractivity contribution is -0.145. The minimum atomic E-state index is -1.09. The Bertz CT molecular complexity index is 410. The van der Waals surface area contributed by atoms with Gasteiger partial charge in [0.25, 0.3) is 0 Å². The van der Waals surface area contributed by atoms with Crippen molar-refractivity contribution in [1.29, 1.82) is 0 Å². The molecule has 0 spiro atoms. The van der Waals surface area contributed by atoms with Gasteiger partial charge in [0.2, 0.25) is 0 Å². The topological polar surface area (TPSA) is 73.7 Å². The zero-order valence-electron chi connectivity index (χ0n) is 10.2. The number of pyridine rings is 1. The summed E-state index contributed by atoms with van der Waals surface area (Å²) in [5.41, 5.74) is -0.0104. The largest absolute Gasteiger partial charge is 0.481 e. The molecule has 0 bridgehead atoms. The highest BCUT2D eigenvalue weighted by atomic mass is 16.4. The summed E-state index contributed by atoms with van der Waals surface area (Å²) in [6.07, 6.45) is 4.72. The van der Waals surface area contributed by atoms with Crippen LogP contribution in [0.2, 0.25) is 0 Å². The number of piperidine rings is 1. The molecule has 1 saturated heterocycles. The van der Waals surface area contributed by atoms with Crippen molar-refractivity contribution < 1.29 is 15.0 Å². The van der Waals surface area contributed by atoms with Crippen LogP contribution in [0.5, 0.6) is 0 Å². The second kappa shape index (κ2) is 5.46. The van der Waals surface area contributed by atoms with Crippen LogP contribution in [0.1, 0.15) is 24.8 Å². The van der Waals surface area contributed by atoms with Crippen molar-refractivity contribution in [2.24, 2.45) is 0 Å². The van der Waals surface area contributed by atoms with Crippen LogP contribution in [0.15, 0.2) is 24.5 Å². The number of carbonyl (C=O) groups is 1. The molecule has 0 saturated carbocycles. The Morgan fingerprint density at radius 3 is 3.06 bits per heavy atom. The Kier molecular flexibility index (Phi) is 3.93. The standard InChI is InChI=1S/C13H18N2O3/c16-12(17)7-13(18)4-2-6-15(10-13)9-11-3-1-5-14-8-11/h1,3,5,8,18H,2,4,6-7,9-10H2,(H,16,17). The first-order valence-electron chi connectivity index (χ1n) is 6.13. The van der Waals surface area contributed by atoms with E-state index in [0.717, 1.165) is 18.5 Å². The predicted octanol–water partition coefficient (Wildman–Crippen LogP) is 0.883. The lowest BCUT2D eigenvalue weighted by Crippen LogP contribution is -2.48. The summed E-state index contributed by atoms with van der Waals surface area (Å²) in [4.78, 5) is 16.9. The smallest absolute Gasteiger partial charge is 0.306 e. The van der Waals surface area contributed by atoms with Crippen molar-refractivity contribution in [3.63, 3.8) is 0 Å². The van der Waals surface area contributed by atoms with Gasteiger partial charge in [0.05, 0.1) is 12.0 Å². The van der Waals surface area contributed by atoms with E-state index in [1.165, 1.54) is 0 Å². The van der Waals surface area contributed by atoms with E-state index in [1.54, 1.807) is 12.4 Å². The molecule has 0 radical (unpaired) electrons. The number of carboxylic acid groups (broad SMARTS) is 1. The summed E-state index contributed by atoms with van der Waals surface area (Å²) in [5, 5.41) is 19.1. The number of hydrogen-bond acceptors (Lipinski definition) is 4. The fraction of sp³-hybridized carbons (Fsp3) is 0.538. The van der Waals surface area contributed by atoms with E-state index in [1.807, 2.05) is 12.1 Å². The summed E-state index contributed by atoms with van der Waals surface area (Å²) >= 11 is 0. The molecule has 5 heteroatoms. The molecular formula is C13H18N2O3. The third-order valence-corrected chi connectivity index (χ3v) is 3.24. The van der Waals surface area contributed by atoms with Crippen LogP contribution in [0, 0.1) is 0 Å². The van der Waals surface area contributed by atoms with Crippen LogP contribution in [0.25, 0.3) is 0 Å². The van der Waals surface area contributed by atoms with Gasteiger partial charge in [-0.15, -0.1) is 0 Å². The number of aliphatic hydroxyl groups is 1. The molecule has 5 nitrogen and oxygen atoms in total. The van der Waals surface area contributed by atoms with E-state index in [2.05, 4.69) is 9.88 Å². The van der Waals surface area contributed by atoms with Crippen molar-refractivity contribution in [3.8, 4) is 0 Å². The number of aromatic nitrogens is 1. The quantitative estimate of drug-likeness (QED) is 0.830. The molecule has 2 heterocycles. The second-order valence-corrected chi connectivity index (χ2v) is 4.97. The molecule has 1 aliphatic rings. The molecule has 0 amide bonds. The minimum absolute atomic E-state index is 0.184. The highest BCUT2D eigenvalue weighted by Crippen LogP contribution is 2.25. The van der Waals surface area contributed by atoms with E-state index in [4.69, 9.17) is 5.11 Å².